The fraction of sp³-hybridized carbons (Fsp3) is 0.444. The van der Waals surface area contributed by atoms with Gasteiger partial charge in [0, 0.05) is 19.7 Å². The van der Waals surface area contributed by atoms with Crippen molar-refractivity contribution in [2.45, 2.75) is 37.7 Å². The topological polar surface area (TPSA) is 67.2 Å². The fourth-order valence-electron chi connectivity index (χ4n) is 3.27. The number of fused-ring (bicyclic) bond motifs is 1. The minimum Gasteiger partial charge on any atom is -0.383 e. The monoisotopic (exact) mass is 313 g/mol. The molecule has 0 fully saturated rings. The summed E-state index contributed by atoms with van der Waals surface area (Å²) in [6.07, 6.45) is 7.38. The van der Waals surface area contributed by atoms with Crippen LogP contribution in [-0.4, -0.2) is 27.3 Å². The molecular formula is C18H23N3O2. The Labute approximate surface area is 136 Å². The van der Waals surface area contributed by atoms with E-state index in [1.165, 1.54) is 5.56 Å². The van der Waals surface area contributed by atoms with Crippen molar-refractivity contribution in [2.75, 3.05) is 6.54 Å². The van der Waals surface area contributed by atoms with Crippen molar-refractivity contribution >= 4 is 5.91 Å². The third kappa shape index (κ3) is 3.62. The van der Waals surface area contributed by atoms with Crippen LogP contribution < -0.4 is 5.32 Å². The van der Waals surface area contributed by atoms with Crippen molar-refractivity contribution in [1.29, 1.82) is 0 Å². The average Bonchev–Trinajstić information content (AvgIpc) is 2.97. The Morgan fingerprint density at radius 2 is 2.26 bits per heavy atom. The van der Waals surface area contributed by atoms with Gasteiger partial charge >= 0.3 is 0 Å². The molecule has 1 aromatic carbocycles. The highest BCUT2D eigenvalue weighted by Gasteiger charge is 2.34. The van der Waals surface area contributed by atoms with E-state index in [1.54, 1.807) is 10.9 Å². The second-order valence-electron chi connectivity index (χ2n) is 6.34. The van der Waals surface area contributed by atoms with Crippen LogP contribution in [0.3, 0.4) is 0 Å². The maximum absolute atomic E-state index is 12.1. The van der Waals surface area contributed by atoms with E-state index < -0.39 is 5.60 Å². The zero-order valence-corrected chi connectivity index (χ0v) is 13.5. The maximum Gasteiger partial charge on any atom is 0.220 e. The molecule has 3 rings (SSSR count). The lowest BCUT2D eigenvalue weighted by Crippen LogP contribution is -2.43. The van der Waals surface area contributed by atoms with E-state index in [4.69, 9.17) is 0 Å². The lowest BCUT2D eigenvalue weighted by molar-refractivity contribution is -0.122. The molecule has 1 amide bonds. The summed E-state index contributed by atoms with van der Waals surface area (Å²) in [4.78, 5) is 12.1. The van der Waals surface area contributed by atoms with Crippen molar-refractivity contribution in [3.8, 4) is 0 Å². The van der Waals surface area contributed by atoms with Crippen LogP contribution in [0, 0.1) is 0 Å². The normalized spacial score (nSPS) is 20.1. The Hall–Kier alpha value is -2.14. The van der Waals surface area contributed by atoms with Crippen LogP contribution in [0.25, 0.3) is 0 Å². The third-order valence-corrected chi connectivity index (χ3v) is 4.53. The van der Waals surface area contributed by atoms with Gasteiger partial charge in [-0.25, -0.2) is 0 Å². The van der Waals surface area contributed by atoms with Gasteiger partial charge in [-0.3, -0.25) is 9.48 Å². The van der Waals surface area contributed by atoms with E-state index in [2.05, 4.69) is 16.5 Å². The van der Waals surface area contributed by atoms with Gasteiger partial charge < -0.3 is 10.4 Å². The van der Waals surface area contributed by atoms with Crippen LogP contribution in [0.1, 0.15) is 36.0 Å². The molecule has 1 heterocycles. The molecule has 0 saturated heterocycles. The Bertz CT molecular complexity index is 695. The van der Waals surface area contributed by atoms with E-state index in [-0.39, 0.29) is 12.5 Å². The Balaban J connectivity index is 1.56. The zero-order valence-electron chi connectivity index (χ0n) is 13.5. The molecule has 5 nitrogen and oxygen atoms in total. The summed E-state index contributed by atoms with van der Waals surface area (Å²) in [5.41, 5.74) is 2.24. The molecule has 2 aromatic rings. The number of aryl methyl sites for hydroxylation is 3. The number of carbonyl (C=O) groups excluding carboxylic acids is 1. The molecule has 1 unspecified atom stereocenters. The minimum atomic E-state index is -0.946. The highest BCUT2D eigenvalue weighted by atomic mass is 16.3. The quantitative estimate of drug-likeness (QED) is 0.883. The summed E-state index contributed by atoms with van der Waals surface area (Å²) < 4.78 is 1.73. The predicted molar refractivity (Wildman–Crippen MR) is 87.8 cm³/mol. The minimum absolute atomic E-state index is 0.0367. The average molecular weight is 313 g/mol. The Morgan fingerprint density at radius 1 is 1.43 bits per heavy atom. The number of nitrogens with zero attached hydrogens (tertiary/aromatic N) is 2. The largest absolute Gasteiger partial charge is 0.383 e. The molecule has 1 atom stereocenters. The fourth-order valence-corrected chi connectivity index (χ4v) is 3.27. The van der Waals surface area contributed by atoms with Crippen molar-refractivity contribution < 1.29 is 9.90 Å². The summed E-state index contributed by atoms with van der Waals surface area (Å²) in [7, 11) is 1.86. The number of amides is 1. The van der Waals surface area contributed by atoms with Gasteiger partial charge in [0.2, 0.25) is 5.91 Å². The molecule has 0 spiro atoms. The lowest BCUT2D eigenvalue weighted by atomic mass is 9.79. The van der Waals surface area contributed by atoms with E-state index in [0.29, 0.717) is 19.3 Å². The summed E-state index contributed by atoms with van der Waals surface area (Å²) in [5, 5.41) is 17.9. The first-order chi connectivity index (χ1) is 11.1. The first-order valence-electron chi connectivity index (χ1n) is 8.12. The second kappa shape index (κ2) is 6.54. The molecule has 0 radical (unpaired) electrons. The van der Waals surface area contributed by atoms with Crippen molar-refractivity contribution in [3.63, 3.8) is 0 Å². The number of aliphatic hydroxyl groups is 1. The van der Waals surface area contributed by atoms with Gasteiger partial charge in [-0.2, -0.15) is 5.10 Å². The number of hydrogen-bond acceptors (Lipinski definition) is 3. The van der Waals surface area contributed by atoms with Crippen molar-refractivity contribution in [2.24, 2.45) is 7.05 Å². The molecule has 0 saturated carbocycles. The first kappa shape index (κ1) is 15.7. The highest BCUT2D eigenvalue weighted by Crippen LogP contribution is 2.34. The van der Waals surface area contributed by atoms with Gasteiger partial charge in [-0.15, -0.1) is 0 Å². The van der Waals surface area contributed by atoms with Crippen LogP contribution in [0.5, 0.6) is 0 Å². The lowest BCUT2D eigenvalue weighted by Gasteiger charge is -2.34. The van der Waals surface area contributed by atoms with Crippen LogP contribution in [0.15, 0.2) is 36.7 Å². The highest BCUT2D eigenvalue weighted by molar-refractivity contribution is 5.76. The Kier molecular flexibility index (Phi) is 4.48. The molecule has 122 valence electrons. The number of hydrogen-bond donors (Lipinski definition) is 2. The summed E-state index contributed by atoms with van der Waals surface area (Å²) in [6.45, 7) is 0.274. The smallest absolute Gasteiger partial charge is 0.220 e. The molecule has 1 aliphatic carbocycles. The summed E-state index contributed by atoms with van der Waals surface area (Å²) in [5.74, 6) is -0.0367. The van der Waals surface area contributed by atoms with Crippen LogP contribution in [-0.2, 0) is 30.3 Å². The number of rotatable bonds is 5. The van der Waals surface area contributed by atoms with E-state index in [0.717, 1.165) is 24.0 Å². The van der Waals surface area contributed by atoms with Crippen LogP contribution in [0.2, 0.25) is 0 Å². The molecular weight excluding hydrogens is 290 g/mol. The standard InChI is InChI=1S/C18H23N3O2/c1-21-12-14(11-20-21)8-9-17(22)19-13-18(23)10-4-6-15-5-2-3-7-16(15)18/h2-3,5,7,11-12,23H,4,6,8-10,13H2,1H3,(H,19,22). The van der Waals surface area contributed by atoms with E-state index >= 15 is 0 Å². The van der Waals surface area contributed by atoms with Gasteiger partial charge in [0.25, 0.3) is 0 Å². The SMILES string of the molecule is Cn1cc(CCC(=O)NCC2(O)CCCc3ccccc32)cn1. The van der Waals surface area contributed by atoms with Crippen LogP contribution >= 0.6 is 0 Å². The zero-order chi connectivity index (χ0) is 16.3. The predicted octanol–water partition coefficient (Wildman–Crippen LogP) is 1.69. The van der Waals surface area contributed by atoms with Crippen molar-refractivity contribution in [1.82, 2.24) is 15.1 Å². The van der Waals surface area contributed by atoms with E-state index in [1.807, 2.05) is 31.4 Å². The number of benzene rings is 1. The van der Waals surface area contributed by atoms with Gasteiger partial charge in [-0.05, 0) is 42.4 Å². The molecule has 0 bridgehead atoms. The van der Waals surface area contributed by atoms with Gasteiger partial charge in [0.1, 0.15) is 5.60 Å². The number of carbonyl (C=O) groups is 1. The van der Waals surface area contributed by atoms with Crippen molar-refractivity contribution in [3.05, 3.63) is 53.3 Å². The van der Waals surface area contributed by atoms with Gasteiger partial charge in [-0.1, -0.05) is 24.3 Å². The van der Waals surface area contributed by atoms with E-state index in [9.17, 15) is 9.90 Å². The Morgan fingerprint density at radius 3 is 3.04 bits per heavy atom. The van der Waals surface area contributed by atoms with Gasteiger partial charge in [0.05, 0.1) is 12.7 Å². The molecule has 5 heteroatoms. The van der Waals surface area contributed by atoms with Gasteiger partial charge in [0.15, 0.2) is 0 Å². The third-order valence-electron chi connectivity index (χ3n) is 4.53. The molecule has 1 aliphatic rings. The summed E-state index contributed by atoms with van der Waals surface area (Å²) in [6, 6.07) is 7.97. The van der Waals surface area contributed by atoms with Crippen LogP contribution in [0.4, 0.5) is 0 Å². The summed E-state index contributed by atoms with van der Waals surface area (Å²) >= 11 is 0. The first-order valence-corrected chi connectivity index (χ1v) is 8.12. The number of nitrogens with one attached hydrogen (secondary N) is 1. The molecule has 2 N–H and O–H groups in total. The molecule has 1 aromatic heterocycles. The molecule has 23 heavy (non-hydrogen) atoms. The maximum atomic E-state index is 12.1. The number of aromatic nitrogens is 2. The second-order valence-corrected chi connectivity index (χ2v) is 6.34. The molecule has 0 aliphatic heterocycles.